The molecule has 0 bridgehead atoms. The minimum Gasteiger partial charge on any atom is -0.487 e. The molecule has 5 rings (SSSR count). The quantitative estimate of drug-likeness (QED) is 0.122. The molecule has 1 aromatic heterocycles. The minimum atomic E-state index is 0.265. The normalized spacial score (nSPS) is 11.1. The molecule has 1 heterocycles. The van der Waals surface area contributed by atoms with Gasteiger partial charge in [-0.15, -0.1) is 0 Å². The molecule has 8 heteroatoms. The van der Waals surface area contributed by atoms with Gasteiger partial charge in [-0.1, -0.05) is 88.9 Å². The Labute approximate surface area is 276 Å². The van der Waals surface area contributed by atoms with Gasteiger partial charge in [-0.2, -0.15) is 5.26 Å². The molecule has 0 spiro atoms. The van der Waals surface area contributed by atoms with Crippen LogP contribution in [0.15, 0.2) is 88.3 Å². The second-order valence-electron chi connectivity index (χ2n) is 9.43. The number of aryl methyl sites for hydroxylation is 2. The Balaban J connectivity index is 1.48. The first-order valence-corrected chi connectivity index (χ1v) is 15.5. The van der Waals surface area contributed by atoms with Crippen molar-refractivity contribution in [3.05, 3.63) is 124 Å². The summed E-state index contributed by atoms with van der Waals surface area (Å²) in [5, 5.41) is 11.4. The predicted molar refractivity (Wildman–Crippen MR) is 184 cm³/mol. The zero-order valence-electron chi connectivity index (χ0n) is 22.0. The molecule has 4 nitrogen and oxygen atoms in total. The van der Waals surface area contributed by atoms with Crippen molar-refractivity contribution in [1.29, 1.82) is 5.26 Å². The Morgan fingerprint density at radius 1 is 0.878 bits per heavy atom. The van der Waals surface area contributed by atoms with E-state index in [1.54, 1.807) is 18.3 Å². The van der Waals surface area contributed by atoms with Crippen molar-refractivity contribution in [1.82, 2.24) is 0 Å². The fourth-order valence-corrected chi connectivity index (χ4v) is 6.82. The fraction of sp³-hybridized carbons (Fsp3) is 0.0909. The number of furan rings is 1. The maximum Gasteiger partial charge on any atom is 0.238 e. The van der Waals surface area contributed by atoms with Crippen LogP contribution in [0, 0.1) is 32.3 Å². The lowest BCUT2D eigenvalue weighted by Gasteiger charge is -2.12. The summed E-state index contributed by atoms with van der Waals surface area (Å²) in [6.45, 7) is 4.39. The Bertz CT molecular complexity index is 1780. The van der Waals surface area contributed by atoms with E-state index in [0.717, 1.165) is 51.8 Å². The third-order valence-electron chi connectivity index (χ3n) is 6.39. The number of halogens is 4. The summed E-state index contributed by atoms with van der Waals surface area (Å²) in [5.41, 5.74) is 6.90. The van der Waals surface area contributed by atoms with Crippen LogP contribution in [0.2, 0.25) is 10.0 Å². The molecule has 0 fully saturated rings. The minimum absolute atomic E-state index is 0.265. The highest BCUT2D eigenvalue weighted by Gasteiger charge is 2.23. The summed E-state index contributed by atoms with van der Waals surface area (Å²) in [5.74, 6) is 1.64. The third-order valence-corrected chi connectivity index (χ3v) is 8.58. The first-order chi connectivity index (χ1) is 19.7. The number of ether oxygens (including phenoxy) is 1. The molecule has 0 N–H and O–H groups in total. The van der Waals surface area contributed by atoms with E-state index in [0.29, 0.717) is 28.0 Å². The van der Waals surface area contributed by atoms with E-state index in [-0.39, 0.29) is 5.88 Å². The van der Waals surface area contributed by atoms with Gasteiger partial charge in [-0.25, -0.2) is 4.99 Å². The van der Waals surface area contributed by atoms with Crippen LogP contribution in [0.3, 0.4) is 0 Å². The smallest absolute Gasteiger partial charge is 0.238 e. The van der Waals surface area contributed by atoms with Crippen LogP contribution in [0.25, 0.3) is 22.5 Å². The number of nitrogens with zero attached hydrogens (tertiary/aromatic N) is 2. The maximum atomic E-state index is 10.2. The van der Waals surface area contributed by atoms with Crippen LogP contribution in [0.5, 0.6) is 5.75 Å². The number of benzene rings is 4. The van der Waals surface area contributed by atoms with E-state index in [1.165, 1.54) is 0 Å². The predicted octanol–water partition coefficient (Wildman–Crippen LogP) is 10.9. The maximum absolute atomic E-state index is 10.2. The van der Waals surface area contributed by atoms with Gasteiger partial charge in [0.2, 0.25) is 5.88 Å². The Kier molecular flexibility index (Phi) is 9.39. The lowest BCUT2D eigenvalue weighted by molar-refractivity contribution is 0.302. The second-order valence-corrected chi connectivity index (χ2v) is 12.6. The first kappa shape index (κ1) is 29.6. The molecule has 0 aliphatic carbocycles. The summed E-state index contributed by atoms with van der Waals surface area (Å²) in [4.78, 5) is 4.65. The lowest BCUT2D eigenvalue weighted by Crippen LogP contribution is -2.00. The standard InChI is InChI=1S/C33H22Cl2I2N2O2/c1-19-3-7-22(8-4-19)30-26(16-38)33(41-31(30)23-9-5-20(2)6-10-23)39-17-21-13-28(36)32(29(37)14-21)40-18-24-11-12-25(34)15-27(24)35/h3-15,17H,18H2,1-2H3. The van der Waals surface area contributed by atoms with Crippen LogP contribution in [0.1, 0.15) is 27.8 Å². The van der Waals surface area contributed by atoms with Gasteiger partial charge < -0.3 is 9.15 Å². The van der Waals surface area contributed by atoms with Crippen molar-refractivity contribution < 1.29 is 9.15 Å². The van der Waals surface area contributed by atoms with Gasteiger partial charge in [0.25, 0.3) is 0 Å². The summed E-state index contributed by atoms with van der Waals surface area (Å²) < 4.78 is 14.2. The van der Waals surface area contributed by atoms with E-state index in [9.17, 15) is 5.26 Å². The van der Waals surface area contributed by atoms with Gasteiger partial charge in [-0.3, -0.25) is 0 Å². The molecule has 0 saturated heterocycles. The monoisotopic (exact) mass is 802 g/mol. The Morgan fingerprint density at radius 3 is 2.07 bits per heavy atom. The fourth-order valence-electron chi connectivity index (χ4n) is 4.23. The number of nitriles is 1. The van der Waals surface area contributed by atoms with E-state index in [1.807, 2.05) is 80.6 Å². The van der Waals surface area contributed by atoms with Gasteiger partial charge >= 0.3 is 0 Å². The number of hydrogen-bond donors (Lipinski definition) is 0. The number of hydrogen-bond acceptors (Lipinski definition) is 4. The van der Waals surface area contributed by atoms with Crippen molar-refractivity contribution in [2.24, 2.45) is 4.99 Å². The van der Waals surface area contributed by atoms with E-state index < -0.39 is 0 Å². The summed E-state index contributed by atoms with van der Waals surface area (Å²) in [6, 6.07) is 27.8. The average molecular weight is 803 g/mol. The van der Waals surface area contributed by atoms with Crippen molar-refractivity contribution in [2.75, 3.05) is 0 Å². The topological polar surface area (TPSA) is 58.5 Å². The molecular formula is C33H22Cl2I2N2O2. The third kappa shape index (κ3) is 6.81. The number of rotatable bonds is 7. The van der Waals surface area contributed by atoms with Crippen molar-refractivity contribution in [3.8, 4) is 34.3 Å². The molecule has 0 radical (unpaired) electrons. The molecule has 0 saturated carbocycles. The number of aliphatic imine (C=N–C) groups is 1. The van der Waals surface area contributed by atoms with E-state index in [4.69, 9.17) is 32.4 Å². The van der Waals surface area contributed by atoms with Crippen LogP contribution in [-0.4, -0.2) is 6.21 Å². The molecule has 5 aromatic rings. The van der Waals surface area contributed by atoms with E-state index in [2.05, 4.69) is 56.2 Å². The molecule has 0 aliphatic heterocycles. The highest BCUT2D eigenvalue weighted by Crippen LogP contribution is 2.43. The molecule has 41 heavy (non-hydrogen) atoms. The van der Waals surface area contributed by atoms with Crippen molar-refractivity contribution in [2.45, 2.75) is 20.5 Å². The largest absolute Gasteiger partial charge is 0.487 e. The summed E-state index contributed by atoms with van der Waals surface area (Å²) >= 11 is 16.8. The van der Waals surface area contributed by atoms with Crippen LogP contribution in [-0.2, 0) is 6.61 Å². The first-order valence-electron chi connectivity index (χ1n) is 12.5. The second kappa shape index (κ2) is 13.0. The zero-order chi connectivity index (χ0) is 29.1. The van der Waals surface area contributed by atoms with Crippen molar-refractivity contribution in [3.63, 3.8) is 0 Å². The molecule has 204 valence electrons. The Morgan fingerprint density at radius 2 is 1.49 bits per heavy atom. The molecule has 4 aromatic carbocycles. The average Bonchev–Trinajstić information content (AvgIpc) is 3.31. The SMILES string of the molecule is Cc1ccc(-c2oc(N=Cc3cc(I)c(OCc4ccc(Cl)cc4Cl)c(I)c3)c(C#N)c2-c2ccc(C)cc2)cc1. The van der Waals surface area contributed by atoms with Gasteiger partial charge in [0.05, 0.1) is 7.14 Å². The van der Waals surface area contributed by atoms with Crippen LogP contribution in [0.4, 0.5) is 5.88 Å². The van der Waals surface area contributed by atoms with Gasteiger partial charge in [0.1, 0.15) is 29.7 Å². The highest BCUT2D eigenvalue weighted by molar-refractivity contribution is 14.1. The lowest BCUT2D eigenvalue weighted by atomic mass is 9.97. The molecule has 0 atom stereocenters. The van der Waals surface area contributed by atoms with Gasteiger partial charge in [0.15, 0.2) is 0 Å². The summed E-state index contributed by atoms with van der Waals surface area (Å²) in [7, 11) is 0. The van der Waals surface area contributed by atoms with Crippen molar-refractivity contribution >= 4 is 80.5 Å². The molecule has 0 unspecified atom stereocenters. The molecule has 0 amide bonds. The van der Waals surface area contributed by atoms with E-state index >= 15 is 0 Å². The zero-order valence-corrected chi connectivity index (χ0v) is 27.8. The highest BCUT2D eigenvalue weighted by atomic mass is 127. The Hall–Kier alpha value is -2.84. The molecule has 0 aliphatic rings. The van der Waals surface area contributed by atoms with Gasteiger partial charge in [0, 0.05) is 33.0 Å². The van der Waals surface area contributed by atoms with Gasteiger partial charge in [-0.05, 0) is 94.4 Å². The van der Waals surface area contributed by atoms with Crippen LogP contribution >= 0.6 is 68.4 Å². The molecular weight excluding hydrogens is 781 g/mol. The summed E-state index contributed by atoms with van der Waals surface area (Å²) in [6.07, 6.45) is 1.71. The van der Waals surface area contributed by atoms with Crippen LogP contribution < -0.4 is 4.74 Å².